The van der Waals surface area contributed by atoms with Gasteiger partial charge in [-0.1, -0.05) is 140 Å². The Labute approximate surface area is 823 Å². The van der Waals surface area contributed by atoms with Gasteiger partial charge in [0.25, 0.3) is 0 Å². The second-order valence-electron chi connectivity index (χ2n) is 37.0. The highest BCUT2D eigenvalue weighted by molar-refractivity contribution is 8.13. The van der Waals surface area contributed by atoms with Crippen LogP contribution in [-0.4, -0.2) is 297 Å². The summed E-state index contributed by atoms with van der Waals surface area (Å²) >= 11 is 2.95. The summed E-state index contributed by atoms with van der Waals surface area (Å²) in [6.45, 7) is 22.7. The number of aliphatic hydroxyl groups excluding tert-OH is 5. The van der Waals surface area contributed by atoms with E-state index in [-0.39, 0.29) is 86.3 Å². The number of piperidine rings is 2. The number of carboxylic acid groups (broad SMARTS) is 1. The number of aliphatic carboxylic acids is 1. The Bertz CT molecular complexity index is 5090. The molecule has 0 spiro atoms. The van der Waals surface area contributed by atoms with Crippen molar-refractivity contribution >= 4 is 134 Å². The number of hydrogen-bond donors (Lipinski definition) is 10. The number of aromatic nitrogens is 2. The number of halogens is 1. The van der Waals surface area contributed by atoms with Crippen LogP contribution in [0.2, 0.25) is 0 Å². The SMILES string of the molecule is C.CC(C)(C)OC(=O)OC(=O)OC(C)(C)C.COC(=O)CC(c1cnc2ccccc2c1)C1CCN(C(=O)Cc2cccc(CC3=NCC(O)CN3)c2)CC1.COC(=O)CC(c1cnc2ccccc2c1)C1CCN(C(=O)Cc2cccc(CC3=NCC(O)CN3)c2)CC1.CSC1=NCC(O)CN1.CSC1=NCC(O)CN1C(=O)OC(C)(C)C.Cl.O=C(O)Cc1cccc(CC2=NCC(O)CN2)c1. The summed E-state index contributed by atoms with van der Waals surface area (Å²) in [4.78, 5) is 131. The lowest BCUT2D eigenvalue weighted by atomic mass is 9.78. The van der Waals surface area contributed by atoms with Gasteiger partial charge in [0.05, 0.1) is 127 Å². The molecule has 752 valence electrons. The number of nitrogens with one attached hydrogen (secondary N) is 4. The zero-order chi connectivity index (χ0) is 98.7. The molecule has 3 amide bonds. The van der Waals surface area contributed by atoms with E-state index in [1.54, 1.807) is 80.1 Å². The first kappa shape index (κ1) is 114. The van der Waals surface area contributed by atoms with Gasteiger partial charge in [-0.25, -0.2) is 14.4 Å². The first-order valence-electron chi connectivity index (χ1n) is 45.9. The summed E-state index contributed by atoms with van der Waals surface area (Å²) in [5, 5.41) is 71.7. The van der Waals surface area contributed by atoms with Gasteiger partial charge in [0.15, 0.2) is 10.3 Å². The van der Waals surface area contributed by atoms with E-state index >= 15 is 0 Å². The second-order valence-corrected chi connectivity index (χ2v) is 38.6. The highest BCUT2D eigenvalue weighted by atomic mass is 35.5. The zero-order valence-electron chi connectivity index (χ0n) is 80.5. The fourth-order valence-electron chi connectivity index (χ4n) is 15.8. The predicted octanol–water partition coefficient (Wildman–Crippen LogP) is 11.7. The van der Waals surface area contributed by atoms with Crippen molar-refractivity contribution in [2.45, 2.75) is 206 Å². The minimum absolute atomic E-state index is 0. The molecule has 0 radical (unpaired) electrons. The van der Waals surface area contributed by atoms with Crippen LogP contribution < -0.4 is 21.3 Å². The molecule has 7 aliphatic heterocycles. The smallest absolute Gasteiger partial charge is 0.481 e. The van der Waals surface area contributed by atoms with E-state index in [4.69, 9.17) is 33.9 Å². The highest BCUT2D eigenvalue weighted by Gasteiger charge is 2.36. The van der Waals surface area contributed by atoms with Crippen molar-refractivity contribution in [2.75, 3.05) is 118 Å². The summed E-state index contributed by atoms with van der Waals surface area (Å²) in [6, 6.07) is 43.9. The molecule has 7 unspecified atom stereocenters. The lowest BCUT2D eigenvalue weighted by molar-refractivity contribution is -0.142. The van der Waals surface area contributed by atoms with Crippen LogP contribution in [0.25, 0.3) is 21.8 Å². The van der Waals surface area contributed by atoms with Gasteiger partial charge in [-0.3, -0.25) is 63.8 Å². The fourth-order valence-corrected chi connectivity index (χ4v) is 16.8. The van der Waals surface area contributed by atoms with E-state index in [0.717, 1.165) is 115 Å². The molecule has 7 atom stereocenters. The number of aliphatic imine (C=N–C) groups is 5. The van der Waals surface area contributed by atoms with Crippen molar-refractivity contribution in [2.24, 2.45) is 36.8 Å². The number of carbonyl (C=O) groups excluding carboxylic acids is 7. The average molecular weight is 1970 g/mol. The molecule has 37 heteroatoms. The van der Waals surface area contributed by atoms with Crippen LogP contribution in [0.15, 0.2) is 171 Å². The van der Waals surface area contributed by atoms with Crippen molar-refractivity contribution in [3.05, 3.63) is 190 Å². The standard InChI is InChI=1S/2C31H36N4O4.C13H16N2O3.C10H18N2O3S.C10H18O5.C5H10N2OS.CH4.ClH/c2*1-39-31(38)17-27(25-16-24-7-2-3-8-28(24)32-18-25)23-9-11-35(12-10-23)30(37)15-22-6-4-5-21(13-22)14-29-33-19-26(36)20-34-29;16-11-7-14-12(15-8-11)5-9-2-1-3-10(4-9)6-13(17)18;1-10(2,3)15-9(14)12-6-7(13)5-11-8(12)16-4;1-9(2,3)14-7(11)13-8(12)15-10(4,5)6;1-9-5-6-2-4(8)3-7-5;;/h2*2-8,13,16,18,23,26-27,36H,9-12,14-15,17,19-20H2,1H3,(H,33,34);1-4,11,16H,5-8H2,(H,14,15)(H,17,18);7,13H,5-6H2,1-4H3;1-6H3;4,8H,2-3H2,1H3,(H,6,7);1H4;1H. The molecule has 10 N–H and O–H groups in total. The molecule has 138 heavy (non-hydrogen) atoms. The Hall–Kier alpha value is -11.4. The Kier molecular flexibility index (Phi) is 46.1. The number of esters is 2. The first-order chi connectivity index (χ1) is 64.7. The lowest BCUT2D eigenvalue weighted by Crippen LogP contribution is -2.47. The number of fused-ring (bicyclic) bond motifs is 2. The van der Waals surface area contributed by atoms with Crippen molar-refractivity contribution in [3.8, 4) is 0 Å². The van der Waals surface area contributed by atoms with Crippen LogP contribution in [-0.2, 0) is 90.9 Å². The summed E-state index contributed by atoms with van der Waals surface area (Å²) in [5.74, 6) is 2.08. The van der Waals surface area contributed by atoms with E-state index in [0.29, 0.717) is 135 Å². The second kappa shape index (κ2) is 56.0. The monoisotopic (exact) mass is 1970 g/mol. The first-order valence-corrected chi connectivity index (χ1v) is 48.3. The number of amidine groups is 5. The molecule has 5 aromatic carbocycles. The Morgan fingerprint density at radius 2 is 0.797 bits per heavy atom. The minimum Gasteiger partial charge on any atom is -0.481 e. The zero-order valence-corrected chi connectivity index (χ0v) is 83.0. The number of rotatable bonds is 20. The molecule has 14 rings (SSSR count). The number of carboxylic acids is 1. The largest absolute Gasteiger partial charge is 0.519 e. The molecule has 9 heterocycles. The third kappa shape index (κ3) is 39.8. The Morgan fingerprint density at radius 1 is 0.442 bits per heavy atom. The van der Waals surface area contributed by atoms with Gasteiger partial charge in [-0.15, -0.1) is 12.4 Å². The number of aliphatic hydroxyl groups is 5. The van der Waals surface area contributed by atoms with Crippen LogP contribution in [0.1, 0.15) is 165 Å². The van der Waals surface area contributed by atoms with E-state index in [9.17, 15) is 58.8 Å². The van der Waals surface area contributed by atoms with E-state index in [1.165, 1.54) is 30.9 Å². The lowest BCUT2D eigenvalue weighted by Gasteiger charge is -2.36. The Morgan fingerprint density at radius 3 is 1.13 bits per heavy atom. The molecule has 0 aliphatic carbocycles. The molecule has 34 nitrogen and oxygen atoms in total. The number of methoxy groups -OCH3 is 2. The van der Waals surface area contributed by atoms with Gasteiger partial charge in [0.2, 0.25) is 11.8 Å². The Balaban J connectivity index is 0.000000242. The van der Waals surface area contributed by atoms with Crippen LogP contribution in [0.4, 0.5) is 14.4 Å². The fraction of sp³-hybridized carbons (Fsp3) is 0.515. The normalized spacial score (nSPS) is 18.6. The molecule has 0 bridgehead atoms. The number of benzene rings is 5. The molecular formula is C101H139ClN14O20S2. The van der Waals surface area contributed by atoms with Crippen LogP contribution in [0.5, 0.6) is 0 Å². The average Bonchev–Trinajstić information content (AvgIpc) is 0.807. The van der Waals surface area contributed by atoms with Crippen LogP contribution >= 0.6 is 35.9 Å². The number of hydrogen-bond acceptors (Lipinski definition) is 32. The van der Waals surface area contributed by atoms with Crippen molar-refractivity contribution in [3.63, 3.8) is 0 Å². The summed E-state index contributed by atoms with van der Waals surface area (Å²) in [5.41, 5.74) is 8.01. The van der Waals surface area contributed by atoms with Gasteiger partial charge in [-0.2, -0.15) is 0 Å². The van der Waals surface area contributed by atoms with Crippen molar-refractivity contribution in [1.29, 1.82) is 0 Å². The quantitative estimate of drug-likeness (QED) is 0.0192. The summed E-state index contributed by atoms with van der Waals surface area (Å²) in [6.07, 6.45) is 9.48. The molecule has 2 saturated heterocycles. The number of amides is 3. The minimum atomic E-state index is -1.06. The summed E-state index contributed by atoms with van der Waals surface area (Å²) in [7, 11) is 2.86. The number of pyridine rings is 2. The molecule has 7 aliphatic rings. The number of nitrogens with zero attached hydrogens (tertiary/aromatic N) is 10. The number of β-amino-alcohol motifs (C(OH)–C–C–N with tert-alkyl or cyclic N) is 5. The number of thioether (sulfide) groups is 2. The van der Waals surface area contributed by atoms with Crippen LogP contribution in [0.3, 0.4) is 0 Å². The molecular weight excluding hydrogens is 1830 g/mol. The van der Waals surface area contributed by atoms with E-state index in [1.807, 2.05) is 138 Å². The maximum absolute atomic E-state index is 13.2. The third-order valence-corrected chi connectivity index (χ3v) is 23.8. The molecule has 0 saturated carbocycles. The third-order valence-electron chi connectivity index (χ3n) is 22.4. The van der Waals surface area contributed by atoms with Gasteiger partial charge in [-0.05, 0) is 193 Å². The molecule has 2 fully saturated rings. The predicted molar refractivity (Wildman–Crippen MR) is 541 cm³/mol. The van der Waals surface area contributed by atoms with Gasteiger partial charge in [0.1, 0.15) is 34.3 Å². The van der Waals surface area contributed by atoms with Crippen molar-refractivity contribution in [1.82, 2.24) is 45.9 Å². The van der Waals surface area contributed by atoms with E-state index in [2.05, 4.69) is 85.2 Å². The van der Waals surface area contributed by atoms with Gasteiger partial charge >= 0.3 is 36.3 Å². The molecule has 2 aromatic heterocycles. The highest BCUT2D eigenvalue weighted by Crippen LogP contribution is 2.39. The number of para-hydroxylation sites is 2. The summed E-state index contributed by atoms with van der Waals surface area (Å²) < 4.78 is 29.1. The topological polar surface area (TPSA) is 459 Å². The van der Waals surface area contributed by atoms with Crippen molar-refractivity contribution < 1.29 is 97.4 Å². The van der Waals surface area contributed by atoms with Gasteiger partial charge in [0, 0.05) is 94.8 Å². The number of ether oxygens (including phenoxy) is 6. The number of likely N-dealkylation sites (tertiary alicyclic amines) is 2. The van der Waals surface area contributed by atoms with Gasteiger partial charge < -0.3 is 90.1 Å². The van der Waals surface area contributed by atoms with Crippen LogP contribution in [0, 0.1) is 11.8 Å². The maximum Gasteiger partial charge on any atom is 0.519 e. The van der Waals surface area contributed by atoms with E-state index < -0.39 is 65.6 Å². The molecule has 7 aromatic rings. The number of carbonyl (C=O) groups is 8. The maximum atomic E-state index is 13.2.